The lowest BCUT2D eigenvalue weighted by atomic mass is 10.1. The number of benzene rings is 3. The summed E-state index contributed by atoms with van der Waals surface area (Å²) in [5, 5.41) is 0.475. The second kappa shape index (κ2) is 12.0. The third-order valence-corrected chi connectivity index (χ3v) is 5.29. The molecule has 0 amide bonds. The van der Waals surface area contributed by atoms with Crippen LogP contribution in [0.3, 0.4) is 0 Å². The highest BCUT2D eigenvalue weighted by Crippen LogP contribution is 2.39. The largest absolute Gasteiger partial charge is 0.493 e. The summed E-state index contributed by atoms with van der Waals surface area (Å²) < 4.78 is 36.0. The van der Waals surface area contributed by atoms with Crippen LogP contribution in [0, 0.1) is 5.82 Å². The van der Waals surface area contributed by atoms with Gasteiger partial charge in [-0.25, -0.2) is 4.39 Å². The number of ketones is 1. The quantitative estimate of drug-likeness (QED) is 0.178. The molecule has 0 aliphatic heterocycles. The van der Waals surface area contributed by atoms with E-state index >= 15 is 0 Å². The van der Waals surface area contributed by atoms with E-state index in [9.17, 15) is 9.18 Å². The first-order valence-corrected chi connectivity index (χ1v) is 10.9. The zero-order valence-corrected chi connectivity index (χ0v) is 20.6. The molecule has 0 bridgehead atoms. The van der Waals surface area contributed by atoms with E-state index in [1.165, 1.54) is 40.7 Å². The predicted molar refractivity (Wildman–Crippen MR) is 137 cm³/mol. The molecule has 0 saturated heterocycles. The molecule has 3 rings (SSSR count). The van der Waals surface area contributed by atoms with E-state index in [2.05, 4.69) is 4.99 Å². The normalized spacial score (nSPS) is 11.1. The van der Waals surface area contributed by atoms with Gasteiger partial charge in [-0.3, -0.25) is 9.79 Å². The van der Waals surface area contributed by atoms with Gasteiger partial charge in [0.15, 0.2) is 28.8 Å². The van der Waals surface area contributed by atoms with Crippen molar-refractivity contribution in [2.75, 3.05) is 28.4 Å². The Morgan fingerprint density at radius 2 is 1.51 bits per heavy atom. The molecule has 0 fully saturated rings. The zero-order chi connectivity index (χ0) is 25.4. The molecule has 0 heterocycles. The van der Waals surface area contributed by atoms with Gasteiger partial charge in [0.05, 0.1) is 28.4 Å². The van der Waals surface area contributed by atoms with Crippen molar-refractivity contribution in [3.63, 3.8) is 0 Å². The van der Waals surface area contributed by atoms with Gasteiger partial charge < -0.3 is 18.9 Å². The molecule has 0 atom stereocenters. The average molecular weight is 498 g/mol. The lowest BCUT2D eigenvalue weighted by molar-refractivity contribution is 0.100. The van der Waals surface area contributed by atoms with Crippen molar-refractivity contribution in [1.29, 1.82) is 0 Å². The molecule has 8 heteroatoms. The molecular weight excluding hydrogens is 473 g/mol. The highest BCUT2D eigenvalue weighted by molar-refractivity contribution is 6.31. The first-order valence-electron chi connectivity index (χ1n) is 10.6. The van der Waals surface area contributed by atoms with E-state index in [0.717, 1.165) is 5.56 Å². The van der Waals surface area contributed by atoms with Crippen LogP contribution in [-0.2, 0) is 0 Å². The fourth-order valence-corrected chi connectivity index (χ4v) is 3.58. The molecule has 0 N–H and O–H groups in total. The van der Waals surface area contributed by atoms with Crippen molar-refractivity contribution in [1.82, 2.24) is 0 Å². The number of halogens is 2. The van der Waals surface area contributed by atoms with Crippen LogP contribution in [0.5, 0.6) is 23.0 Å². The molecule has 3 aromatic rings. The summed E-state index contributed by atoms with van der Waals surface area (Å²) >= 11 is 5.95. The van der Waals surface area contributed by atoms with Gasteiger partial charge in [0.25, 0.3) is 0 Å². The SMILES string of the molecule is COc1cc(/C=C\c2cc(F)c(OC)c(N=CCC(=O)c3cccc(Cl)c3)c2)cc(OC)c1OC. The Morgan fingerprint density at radius 3 is 2.09 bits per heavy atom. The van der Waals surface area contributed by atoms with Gasteiger partial charge in [0, 0.05) is 23.2 Å². The fourth-order valence-electron chi connectivity index (χ4n) is 3.39. The Morgan fingerprint density at radius 1 is 0.886 bits per heavy atom. The zero-order valence-electron chi connectivity index (χ0n) is 19.8. The van der Waals surface area contributed by atoms with Crippen LogP contribution in [-0.4, -0.2) is 40.4 Å². The molecule has 0 spiro atoms. The maximum atomic E-state index is 14.7. The molecule has 35 heavy (non-hydrogen) atoms. The van der Waals surface area contributed by atoms with E-state index in [1.807, 2.05) is 0 Å². The summed E-state index contributed by atoms with van der Waals surface area (Å²) in [6.45, 7) is 0. The number of ether oxygens (including phenoxy) is 4. The molecule has 0 radical (unpaired) electrons. The summed E-state index contributed by atoms with van der Waals surface area (Å²) in [6.07, 6.45) is 4.95. The highest BCUT2D eigenvalue weighted by atomic mass is 35.5. The fraction of sp³-hybridized carbons (Fsp3) is 0.185. The number of carbonyl (C=O) groups excluding carboxylic acids is 1. The van der Waals surface area contributed by atoms with Crippen LogP contribution in [0.4, 0.5) is 10.1 Å². The number of hydrogen-bond donors (Lipinski definition) is 0. The number of Topliss-reactive ketones (excluding diaryl/α,β-unsaturated/α-hetero) is 1. The van der Waals surface area contributed by atoms with Crippen LogP contribution in [0.25, 0.3) is 12.2 Å². The lowest BCUT2D eigenvalue weighted by Gasteiger charge is -2.13. The molecule has 182 valence electrons. The lowest BCUT2D eigenvalue weighted by Crippen LogP contribution is -1.99. The van der Waals surface area contributed by atoms with E-state index in [-0.39, 0.29) is 23.6 Å². The van der Waals surface area contributed by atoms with Gasteiger partial charge in [0.1, 0.15) is 5.69 Å². The van der Waals surface area contributed by atoms with Crippen molar-refractivity contribution in [3.8, 4) is 23.0 Å². The molecule has 6 nitrogen and oxygen atoms in total. The van der Waals surface area contributed by atoms with Crippen LogP contribution < -0.4 is 18.9 Å². The average Bonchev–Trinajstić information content (AvgIpc) is 2.86. The first-order chi connectivity index (χ1) is 16.9. The van der Waals surface area contributed by atoms with Gasteiger partial charge >= 0.3 is 0 Å². The minimum Gasteiger partial charge on any atom is -0.493 e. The third-order valence-electron chi connectivity index (χ3n) is 5.06. The van der Waals surface area contributed by atoms with Gasteiger partial charge in [0.2, 0.25) is 5.75 Å². The Labute approximate surface area is 208 Å². The van der Waals surface area contributed by atoms with Gasteiger partial charge in [-0.1, -0.05) is 35.9 Å². The van der Waals surface area contributed by atoms with Crippen LogP contribution in [0.15, 0.2) is 53.5 Å². The smallest absolute Gasteiger partial charge is 0.203 e. The second-order valence-electron chi connectivity index (χ2n) is 7.30. The number of hydrogen-bond acceptors (Lipinski definition) is 6. The standard InChI is InChI=1S/C27H25ClFNO5/c1-32-24-14-18(15-25(33-2)27(24)35-4)9-8-17-12-21(29)26(34-3)22(13-17)30-11-10-23(31)19-6-5-7-20(28)16-19/h5-9,11-16H,10H2,1-4H3/b9-8-,30-11?. The van der Waals surface area contributed by atoms with Crippen LogP contribution >= 0.6 is 11.6 Å². The topological polar surface area (TPSA) is 66.4 Å². The Bertz CT molecular complexity index is 1250. The molecule has 0 aromatic heterocycles. The monoisotopic (exact) mass is 497 g/mol. The number of rotatable bonds is 10. The van der Waals surface area contributed by atoms with E-state index < -0.39 is 5.82 Å². The Balaban J connectivity index is 1.86. The van der Waals surface area contributed by atoms with Crippen molar-refractivity contribution >= 4 is 41.4 Å². The Kier molecular flexibility index (Phi) is 8.86. The predicted octanol–water partition coefficient (Wildman–Crippen LogP) is 6.66. The van der Waals surface area contributed by atoms with Crippen LogP contribution in [0.1, 0.15) is 27.9 Å². The number of nitrogens with zero attached hydrogens (tertiary/aromatic N) is 1. The van der Waals surface area contributed by atoms with Crippen molar-refractivity contribution in [3.05, 3.63) is 76.1 Å². The van der Waals surface area contributed by atoms with E-state index in [1.54, 1.807) is 54.6 Å². The third kappa shape index (κ3) is 6.39. The number of aliphatic imine (C=N–C) groups is 1. The molecule has 0 saturated carbocycles. The highest BCUT2D eigenvalue weighted by Gasteiger charge is 2.13. The van der Waals surface area contributed by atoms with E-state index in [0.29, 0.717) is 33.4 Å². The number of carbonyl (C=O) groups is 1. The van der Waals surface area contributed by atoms with Crippen molar-refractivity contribution in [2.45, 2.75) is 6.42 Å². The van der Waals surface area contributed by atoms with Crippen LogP contribution in [0.2, 0.25) is 5.02 Å². The molecular formula is C27H25ClFNO5. The van der Waals surface area contributed by atoms with Crippen molar-refractivity contribution < 1.29 is 28.1 Å². The summed E-state index contributed by atoms with van der Waals surface area (Å²) in [5.41, 5.74) is 2.04. The van der Waals surface area contributed by atoms with Gasteiger partial charge in [-0.15, -0.1) is 0 Å². The maximum absolute atomic E-state index is 14.7. The molecule has 0 unspecified atom stereocenters. The summed E-state index contributed by atoms with van der Waals surface area (Å²) in [5.74, 6) is 0.735. The first kappa shape index (κ1) is 25.8. The minimum absolute atomic E-state index is 0.0126. The summed E-state index contributed by atoms with van der Waals surface area (Å²) in [7, 11) is 5.96. The molecule has 0 aliphatic rings. The Hall–Kier alpha value is -3.84. The van der Waals surface area contributed by atoms with E-state index in [4.69, 9.17) is 30.5 Å². The molecule has 0 aliphatic carbocycles. The maximum Gasteiger partial charge on any atom is 0.203 e. The summed E-state index contributed by atoms with van der Waals surface area (Å²) in [6, 6.07) is 13.2. The summed E-state index contributed by atoms with van der Waals surface area (Å²) in [4.78, 5) is 16.7. The number of methoxy groups -OCH3 is 4. The minimum atomic E-state index is -0.576. The van der Waals surface area contributed by atoms with Crippen molar-refractivity contribution in [2.24, 2.45) is 4.99 Å². The van der Waals surface area contributed by atoms with Gasteiger partial charge in [-0.2, -0.15) is 0 Å². The second-order valence-corrected chi connectivity index (χ2v) is 7.73. The molecule has 3 aromatic carbocycles. The van der Waals surface area contributed by atoms with Gasteiger partial charge in [-0.05, 0) is 47.5 Å².